The molecule has 37 heavy (non-hydrogen) atoms. The maximum atomic E-state index is 12.2. The number of aliphatic imine (C=N–C) groups is 1. The summed E-state index contributed by atoms with van der Waals surface area (Å²) in [5.41, 5.74) is 4.20. The molecule has 0 amide bonds. The zero-order valence-corrected chi connectivity index (χ0v) is 21.1. The predicted octanol–water partition coefficient (Wildman–Crippen LogP) is 6.86. The highest BCUT2D eigenvalue weighted by atomic mass is 35.5. The third kappa shape index (κ3) is 7.68. The Kier molecular flexibility index (Phi) is 7.99. The molecule has 2 unspecified atom stereocenters. The van der Waals surface area contributed by atoms with Crippen molar-refractivity contribution in [1.82, 2.24) is 5.32 Å². The standard InChI is InChI=1S/C26H23ClF3N5OS/c1-15-12-18(27)6-11-22(15)34-25(37)35-23-13-21(23)16-2-4-17(5-3-16)24(31)33-14-32-19-7-9-20(10-8-19)36-26(28,29)30/h2-12,14,21,23H,13H2,1H3,(H2,31,32,33)(H2,34,35,37). The summed E-state index contributed by atoms with van der Waals surface area (Å²) in [4.78, 5) is 4.06. The molecule has 4 rings (SSSR count). The number of benzene rings is 3. The molecular formula is C26H23ClF3N5OS. The van der Waals surface area contributed by atoms with Crippen LogP contribution in [0, 0.1) is 12.3 Å². The minimum Gasteiger partial charge on any atom is -0.406 e. The first-order chi connectivity index (χ1) is 17.6. The lowest BCUT2D eigenvalue weighted by Gasteiger charge is -2.13. The van der Waals surface area contributed by atoms with Gasteiger partial charge >= 0.3 is 6.36 Å². The van der Waals surface area contributed by atoms with Crippen molar-refractivity contribution >= 4 is 52.5 Å². The molecule has 1 fully saturated rings. The smallest absolute Gasteiger partial charge is 0.406 e. The van der Waals surface area contributed by atoms with Crippen LogP contribution >= 0.6 is 23.8 Å². The third-order valence-electron chi connectivity index (χ3n) is 5.67. The largest absolute Gasteiger partial charge is 0.573 e. The van der Waals surface area contributed by atoms with Crippen molar-refractivity contribution in [3.63, 3.8) is 0 Å². The van der Waals surface area contributed by atoms with Crippen LogP contribution in [0.3, 0.4) is 0 Å². The number of halogens is 4. The topological polar surface area (TPSA) is 81.5 Å². The molecule has 0 spiro atoms. The highest BCUT2D eigenvalue weighted by Gasteiger charge is 2.38. The van der Waals surface area contributed by atoms with Gasteiger partial charge in [0.25, 0.3) is 0 Å². The van der Waals surface area contributed by atoms with Gasteiger partial charge in [-0.3, -0.25) is 5.41 Å². The quantitative estimate of drug-likeness (QED) is 0.148. The van der Waals surface area contributed by atoms with Crippen molar-refractivity contribution < 1.29 is 17.9 Å². The molecule has 0 saturated heterocycles. The van der Waals surface area contributed by atoms with E-state index in [1.54, 1.807) is 0 Å². The van der Waals surface area contributed by atoms with Crippen LogP contribution in [-0.2, 0) is 0 Å². The van der Waals surface area contributed by atoms with Crippen LogP contribution < -0.4 is 20.7 Å². The van der Waals surface area contributed by atoms with Crippen LogP contribution in [0.25, 0.3) is 0 Å². The number of nitrogens with one attached hydrogen (secondary N) is 4. The Hall–Kier alpha value is -3.63. The van der Waals surface area contributed by atoms with Gasteiger partial charge in [0, 0.05) is 33.9 Å². The second-order valence-corrected chi connectivity index (χ2v) is 9.30. The summed E-state index contributed by atoms with van der Waals surface area (Å²) in [6, 6.07) is 18.6. The molecule has 0 bridgehead atoms. The van der Waals surface area contributed by atoms with Gasteiger partial charge in [-0.25, -0.2) is 4.99 Å². The first kappa shape index (κ1) is 26.4. The number of hydrogen-bond donors (Lipinski definition) is 4. The highest BCUT2D eigenvalue weighted by molar-refractivity contribution is 7.80. The highest BCUT2D eigenvalue weighted by Crippen LogP contribution is 2.41. The fraction of sp³-hybridized carbons (Fsp3) is 0.192. The van der Waals surface area contributed by atoms with Crippen LogP contribution in [0.15, 0.2) is 71.7 Å². The fourth-order valence-corrected chi connectivity index (χ4v) is 4.19. The van der Waals surface area contributed by atoms with Crippen LogP contribution in [0.4, 0.5) is 24.5 Å². The average Bonchev–Trinajstić information content (AvgIpc) is 3.60. The van der Waals surface area contributed by atoms with Gasteiger partial charge < -0.3 is 20.7 Å². The van der Waals surface area contributed by atoms with Gasteiger partial charge in [-0.2, -0.15) is 0 Å². The Balaban J connectivity index is 1.24. The Morgan fingerprint density at radius 1 is 1.11 bits per heavy atom. The van der Waals surface area contributed by atoms with Crippen molar-refractivity contribution in [2.45, 2.75) is 31.7 Å². The Morgan fingerprint density at radius 3 is 2.46 bits per heavy atom. The van der Waals surface area contributed by atoms with Crippen molar-refractivity contribution in [2.75, 3.05) is 10.6 Å². The number of rotatable bonds is 7. The fourth-order valence-electron chi connectivity index (χ4n) is 3.70. The van der Waals surface area contributed by atoms with Gasteiger partial charge in [-0.15, -0.1) is 13.2 Å². The normalized spacial score (nSPS) is 16.8. The second-order valence-electron chi connectivity index (χ2n) is 8.45. The van der Waals surface area contributed by atoms with Gasteiger partial charge in [-0.05, 0) is 79.2 Å². The van der Waals surface area contributed by atoms with E-state index < -0.39 is 6.36 Å². The molecule has 3 aromatic rings. The molecule has 0 aromatic heterocycles. The summed E-state index contributed by atoms with van der Waals surface area (Å²) >= 11 is 11.5. The van der Waals surface area contributed by atoms with Crippen molar-refractivity contribution in [3.05, 3.63) is 88.4 Å². The van der Waals surface area contributed by atoms with Gasteiger partial charge in [0.05, 0.1) is 6.34 Å². The Labute approximate surface area is 222 Å². The molecule has 2 atom stereocenters. The molecule has 1 saturated carbocycles. The minimum atomic E-state index is -4.74. The van der Waals surface area contributed by atoms with Crippen LogP contribution in [0.1, 0.15) is 29.0 Å². The van der Waals surface area contributed by atoms with E-state index in [1.165, 1.54) is 30.6 Å². The maximum Gasteiger partial charge on any atom is 0.573 e. The number of aryl methyl sites for hydroxylation is 1. The molecule has 0 aliphatic heterocycles. The maximum absolute atomic E-state index is 12.2. The number of thiocarbonyl (C=S) groups is 1. The minimum absolute atomic E-state index is 0.0465. The molecule has 0 heterocycles. The molecular weight excluding hydrogens is 523 g/mol. The van der Waals surface area contributed by atoms with E-state index in [0.717, 1.165) is 23.2 Å². The molecule has 1 aliphatic rings. The van der Waals surface area contributed by atoms with Gasteiger partial charge in [0.1, 0.15) is 5.75 Å². The van der Waals surface area contributed by atoms with E-state index in [2.05, 4.69) is 25.7 Å². The SMILES string of the molecule is Cc1cc(Cl)ccc1NC(=S)NC1CC1c1ccc(C(=N)/N=C\Nc2ccc(OC(F)(F)F)cc2)cc1. The third-order valence-corrected chi connectivity index (χ3v) is 6.12. The lowest BCUT2D eigenvalue weighted by Crippen LogP contribution is -2.31. The van der Waals surface area contributed by atoms with Crippen molar-refractivity contribution in [3.8, 4) is 5.75 Å². The van der Waals surface area contributed by atoms with E-state index in [9.17, 15) is 13.2 Å². The van der Waals surface area contributed by atoms with Gasteiger partial charge in [-0.1, -0.05) is 35.9 Å². The molecule has 3 aromatic carbocycles. The number of alkyl halides is 3. The van der Waals surface area contributed by atoms with Crippen molar-refractivity contribution in [2.24, 2.45) is 4.99 Å². The molecule has 11 heteroatoms. The Bertz CT molecular complexity index is 1310. The summed E-state index contributed by atoms with van der Waals surface area (Å²) in [5, 5.41) is 18.8. The van der Waals surface area contributed by atoms with Gasteiger partial charge in [0.15, 0.2) is 10.9 Å². The molecule has 0 radical (unpaired) electrons. The number of hydrogen-bond acceptors (Lipinski definition) is 3. The summed E-state index contributed by atoms with van der Waals surface area (Å²) in [7, 11) is 0. The van der Waals surface area contributed by atoms with Crippen molar-refractivity contribution in [1.29, 1.82) is 5.41 Å². The Morgan fingerprint density at radius 2 is 1.81 bits per heavy atom. The van der Waals surface area contributed by atoms with E-state index in [4.69, 9.17) is 29.2 Å². The average molecular weight is 546 g/mol. The number of nitrogens with zero attached hydrogens (tertiary/aromatic N) is 1. The van der Waals surface area contributed by atoms with Crippen LogP contribution in [0.2, 0.25) is 5.02 Å². The molecule has 4 N–H and O–H groups in total. The molecule has 192 valence electrons. The molecule has 1 aliphatic carbocycles. The van der Waals surface area contributed by atoms with Crippen LogP contribution in [0.5, 0.6) is 5.75 Å². The number of amidine groups is 1. The lowest BCUT2D eigenvalue weighted by atomic mass is 10.1. The monoisotopic (exact) mass is 545 g/mol. The summed E-state index contributed by atoms with van der Waals surface area (Å²) < 4.78 is 40.5. The lowest BCUT2D eigenvalue weighted by molar-refractivity contribution is -0.274. The number of anilines is 2. The zero-order chi connectivity index (χ0) is 26.6. The first-order valence-electron chi connectivity index (χ1n) is 11.2. The molecule has 6 nitrogen and oxygen atoms in total. The predicted molar refractivity (Wildman–Crippen MR) is 145 cm³/mol. The summed E-state index contributed by atoms with van der Waals surface area (Å²) in [6.45, 7) is 1.96. The van der Waals surface area contributed by atoms with Gasteiger partial charge in [0.2, 0.25) is 0 Å². The summed E-state index contributed by atoms with van der Waals surface area (Å²) in [6.07, 6.45) is -2.47. The van der Waals surface area contributed by atoms with E-state index in [0.29, 0.717) is 27.3 Å². The second kappa shape index (κ2) is 11.2. The van der Waals surface area contributed by atoms with E-state index >= 15 is 0 Å². The summed E-state index contributed by atoms with van der Waals surface area (Å²) in [5.74, 6) is 0.0553. The first-order valence-corrected chi connectivity index (χ1v) is 12.0. The van der Waals surface area contributed by atoms with E-state index in [-0.39, 0.29) is 17.6 Å². The van der Waals surface area contributed by atoms with E-state index in [1.807, 2.05) is 49.4 Å². The van der Waals surface area contributed by atoms with Crippen LogP contribution in [-0.4, -0.2) is 29.7 Å². The zero-order valence-electron chi connectivity index (χ0n) is 19.6. The number of ether oxygens (including phenoxy) is 1.